The SMILES string of the molecule is C=COC1C[C@H]2C[C@@H]1C1C2OC1(C(F)(F)F)C(F)(F)F. The van der Waals surface area contributed by atoms with Gasteiger partial charge in [0.05, 0.1) is 12.4 Å². The van der Waals surface area contributed by atoms with E-state index in [1.165, 1.54) is 0 Å². The van der Waals surface area contributed by atoms with Crippen LogP contribution in [-0.4, -0.2) is 30.2 Å². The standard InChI is InChI=1S/C12H12F6O2/c1-2-19-7-4-5-3-6(7)8-9(5)20-10(8,11(13,14)15)12(16,17)18/h2,5-9H,1,3-4H2/t5-,6+,7?,8?,9?/m1/s1. The number of hydrogen-bond acceptors (Lipinski definition) is 2. The van der Waals surface area contributed by atoms with E-state index in [9.17, 15) is 26.3 Å². The van der Waals surface area contributed by atoms with Crippen molar-refractivity contribution in [2.45, 2.75) is 43.0 Å². The lowest BCUT2D eigenvalue weighted by molar-refractivity contribution is -0.473. The predicted octanol–water partition coefficient (Wildman–Crippen LogP) is 3.43. The Labute approximate surface area is 110 Å². The maximum atomic E-state index is 13.0. The van der Waals surface area contributed by atoms with E-state index in [0.29, 0.717) is 6.42 Å². The largest absolute Gasteiger partial charge is 0.498 e. The molecule has 0 amide bonds. The molecule has 0 radical (unpaired) electrons. The number of ether oxygens (including phenoxy) is 2. The molecule has 1 heterocycles. The molecule has 0 aromatic heterocycles. The first-order valence-corrected chi connectivity index (χ1v) is 6.21. The molecular weight excluding hydrogens is 290 g/mol. The zero-order valence-electron chi connectivity index (χ0n) is 10.2. The minimum atomic E-state index is -5.48. The highest BCUT2D eigenvalue weighted by molar-refractivity contribution is 5.21. The second-order valence-corrected chi connectivity index (χ2v) is 5.58. The third-order valence-electron chi connectivity index (χ3n) is 4.77. The Kier molecular flexibility index (Phi) is 2.69. The van der Waals surface area contributed by atoms with Crippen LogP contribution >= 0.6 is 0 Å². The molecule has 0 aromatic rings. The molecular formula is C12H12F6O2. The molecule has 20 heavy (non-hydrogen) atoms. The van der Waals surface area contributed by atoms with Crippen LogP contribution in [0.2, 0.25) is 0 Å². The molecule has 5 atom stereocenters. The van der Waals surface area contributed by atoms with Crippen molar-refractivity contribution in [1.29, 1.82) is 0 Å². The average Bonchev–Trinajstić information content (AvgIpc) is 2.67. The maximum absolute atomic E-state index is 13.0. The summed E-state index contributed by atoms with van der Waals surface area (Å²) in [4.78, 5) is 0. The minimum Gasteiger partial charge on any atom is -0.498 e. The van der Waals surface area contributed by atoms with E-state index in [1.807, 2.05) is 0 Å². The van der Waals surface area contributed by atoms with Gasteiger partial charge >= 0.3 is 12.4 Å². The summed E-state index contributed by atoms with van der Waals surface area (Å²) in [5.41, 5.74) is -4.03. The van der Waals surface area contributed by atoms with Crippen LogP contribution in [-0.2, 0) is 9.47 Å². The van der Waals surface area contributed by atoms with Gasteiger partial charge in [0.2, 0.25) is 0 Å². The number of fused-ring (bicyclic) bond motifs is 5. The lowest BCUT2D eigenvalue weighted by Gasteiger charge is -2.57. The molecule has 8 heteroatoms. The predicted molar refractivity (Wildman–Crippen MR) is 54.5 cm³/mol. The molecule has 1 saturated heterocycles. The van der Waals surface area contributed by atoms with Gasteiger partial charge < -0.3 is 9.47 Å². The molecule has 2 bridgehead atoms. The van der Waals surface area contributed by atoms with Crippen LogP contribution in [0.1, 0.15) is 12.8 Å². The fraction of sp³-hybridized carbons (Fsp3) is 0.833. The maximum Gasteiger partial charge on any atom is 0.426 e. The van der Waals surface area contributed by atoms with Gasteiger partial charge in [0.25, 0.3) is 5.60 Å². The second kappa shape index (κ2) is 3.84. The van der Waals surface area contributed by atoms with Crippen molar-refractivity contribution in [2.24, 2.45) is 17.8 Å². The number of rotatable bonds is 2. The van der Waals surface area contributed by atoms with Crippen LogP contribution in [0.3, 0.4) is 0 Å². The van der Waals surface area contributed by atoms with Gasteiger partial charge in [-0.3, -0.25) is 0 Å². The monoisotopic (exact) mass is 302 g/mol. The smallest absolute Gasteiger partial charge is 0.426 e. The third-order valence-corrected chi connectivity index (χ3v) is 4.77. The van der Waals surface area contributed by atoms with E-state index in [1.54, 1.807) is 0 Å². The van der Waals surface area contributed by atoms with Gasteiger partial charge in [-0.1, -0.05) is 6.58 Å². The van der Waals surface area contributed by atoms with Crippen LogP contribution in [0.5, 0.6) is 0 Å². The normalized spacial score (nSPS) is 42.0. The quantitative estimate of drug-likeness (QED) is 0.575. The Morgan fingerprint density at radius 2 is 1.70 bits per heavy atom. The van der Waals surface area contributed by atoms with Crippen LogP contribution in [0.4, 0.5) is 26.3 Å². The van der Waals surface area contributed by atoms with E-state index in [4.69, 9.17) is 4.74 Å². The van der Waals surface area contributed by atoms with E-state index >= 15 is 0 Å². The highest BCUT2D eigenvalue weighted by Crippen LogP contribution is 2.69. The summed E-state index contributed by atoms with van der Waals surface area (Å²) in [6, 6.07) is 0. The number of halogens is 6. The average molecular weight is 302 g/mol. The molecule has 2 aliphatic carbocycles. The van der Waals surface area contributed by atoms with E-state index in [-0.39, 0.29) is 12.3 Å². The van der Waals surface area contributed by atoms with Gasteiger partial charge in [-0.25, -0.2) is 0 Å². The van der Waals surface area contributed by atoms with Gasteiger partial charge in [0.15, 0.2) is 0 Å². The topological polar surface area (TPSA) is 18.5 Å². The molecule has 114 valence electrons. The molecule has 3 aliphatic rings. The summed E-state index contributed by atoms with van der Waals surface area (Å²) in [6.07, 6.45) is -10.8. The Hall–Kier alpha value is -0.920. The van der Waals surface area contributed by atoms with Crippen molar-refractivity contribution in [2.75, 3.05) is 0 Å². The Balaban J connectivity index is 1.96. The fourth-order valence-corrected chi connectivity index (χ4v) is 4.13. The minimum absolute atomic E-state index is 0.280. The molecule has 2 nitrogen and oxygen atoms in total. The first kappa shape index (κ1) is 14.0. The number of alkyl halides is 6. The summed E-state index contributed by atoms with van der Waals surface area (Å²) in [5, 5.41) is 0. The fourth-order valence-electron chi connectivity index (χ4n) is 4.13. The van der Waals surface area contributed by atoms with Crippen molar-refractivity contribution in [3.8, 4) is 0 Å². The summed E-state index contributed by atoms with van der Waals surface area (Å²) >= 11 is 0. The third kappa shape index (κ3) is 1.46. The Bertz CT molecular complexity index is 415. The summed E-state index contributed by atoms with van der Waals surface area (Å²) in [7, 11) is 0. The van der Waals surface area contributed by atoms with E-state index in [0.717, 1.165) is 6.26 Å². The molecule has 3 rings (SSSR count). The molecule has 0 spiro atoms. The van der Waals surface area contributed by atoms with Crippen molar-refractivity contribution >= 4 is 0 Å². The van der Waals surface area contributed by atoms with Crippen molar-refractivity contribution in [3.63, 3.8) is 0 Å². The van der Waals surface area contributed by atoms with Crippen molar-refractivity contribution < 1.29 is 35.8 Å². The van der Waals surface area contributed by atoms with Crippen LogP contribution in [0, 0.1) is 17.8 Å². The highest BCUT2D eigenvalue weighted by Gasteiger charge is 2.87. The molecule has 3 unspecified atom stereocenters. The van der Waals surface area contributed by atoms with Crippen LogP contribution in [0.15, 0.2) is 12.8 Å². The first-order valence-electron chi connectivity index (χ1n) is 6.21. The van der Waals surface area contributed by atoms with E-state index < -0.39 is 42.0 Å². The highest BCUT2D eigenvalue weighted by atomic mass is 19.4. The lowest BCUT2D eigenvalue weighted by atomic mass is 9.67. The van der Waals surface area contributed by atoms with Gasteiger partial charge in [-0.2, -0.15) is 26.3 Å². The molecule has 1 aliphatic heterocycles. The molecule has 3 fully saturated rings. The van der Waals surface area contributed by atoms with Crippen molar-refractivity contribution in [3.05, 3.63) is 12.8 Å². The van der Waals surface area contributed by atoms with Gasteiger partial charge in [-0.05, 0) is 18.8 Å². The van der Waals surface area contributed by atoms with Gasteiger partial charge in [-0.15, -0.1) is 0 Å². The molecule has 2 saturated carbocycles. The summed E-state index contributed by atoms with van der Waals surface area (Å²) in [5.74, 6) is -2.70. The van der Waals surface area contributed by atoms with Crippen molar-refractivity contribution in [1.82, 2.24) is 0 Å². The molecule has 0 aromatic carbocycles. The summed E-state index contributed by atoms with van der Waals surface area (Å²) in [6.45, 7) is 3.31. The van der Waals surface area contributed by atoms with Crippen LogP contribution < -0.4 is 0 Å². The number of hydrogen-bond donors (Lipinski definition) is 0. The molecule has 0 N–H and O–H groups in total. The Morgan fingerprint density at radius 3 is 2.20 bits per heavy atom. The lowest BCUT2D eigenvalue weighted by Crippen LogP contribution is -2.76. The zero-order valence-corrected chi connectivity index (χ0v) is 10.2. The van der Waals surface area contributed by atoms with Gasteiger partial charge in [0.1, 0.15) is 6.10 Å². The first-order chi connectivity index (χ1) is 9.13. The van der Waals surface area contributed by atoms with E-state index in [2.05, 4.69) is 11.3 Å². The van der Waals surface area contributed by atoms with Crippen LogP contribution in [0.25, 0.3) is 0 Å². The van der Waals surface area contributed by atoms with Gasteiger partial charge in [0, 0.05) is 11.8 Å². The second-order valence-electron chi connectivity index (χ2n) is 5.58. The Morgan fingerprint density at radius 1 is 1.10 bits per heavy atom. The summed E-state index contributed by atoms with van der Waals surface area (Å²) < 4.78 is 87.6. The zero-order chi connectivity index (χ0) is 14.9.